The Morgan fingerprint density at radius 3 is 2.38 bits per heavy atom. The second kappa shape index (κ2) is 7.50. The number of aliphatic carboxylic acids is 1. The topological polar surface area (TPSA) is 109 Å². The number of ether oxygens (including phenoxy) is 1. The number of carboxylic acids is 1. The predicted molar refractivity (Wildman–Crippen MR) is 107 cm³/mol. The molecule has 0 aliphatic heterocycles. The minimum absolute atomic E-state index is 0.0772. The summed E-state index contributed by atoms with van der Waals surface area (Å²) in [6.45, 7) is 4.91. The van der Waals surface area contributed by atoms with Crippen LogP contribution in [0, 0.1) is 0 Å². The van der Waals surface area contributed by atoms with Crippen LogP contribution in [0.5, 0.6) is 0 Å². The van der Waals surface area contributed by atoms with Gasteiger partial charge in [-0.3, -0.25) is 14.4 Å². The number of Topliss-reactive ketones (excluding diaryl/α,β-unsaturated/α-hetero) is 1. The first-order chi connectivity index (χ1) is 13.6. The summed E-state index contributed by atoms with van der Waals surface area (Å²) in [5.41, 5.74) is -2.36. The third-order valence-corrected chi connectivity index (χ3v) is 4.48. The zero-order valence-electron chi connectivity index (χ0n) is 16.4. The lowest BCUT2D eigenvalue weighted by Gasteiger charge is -2.30. The molecule has 150 valence electrons. The number of esters is 1. The molecule has 7 heteroatoms. The summed E-state index contributed by atoms with van der Waals surface area (Å²) in [7, 11) is 0. The van der Waals surface area contributed by atoms with E-state index >= 15 is 0 Å². The maximum atomic E-state index is 13.0. The average Bonchev–Trinajstić information content (AvgIpc) is 3.18. The summed E-state index contributed by atoms with van der Waals surface area (Å²) >= 11 is 0. The third kappa shape index (κ3) is 4.03. The van der Waals surface area contributed by atoms with Gasteiger partial charge in [0.1, 0.15) is 11.3 Å². The molecule has 0 radical (unpaired) electrons. The van der Waals surface area contributed by atoms with Crippen molar-refractivity contribution in [1.82, 2.24) is 9.97 Å². The van der Waals surface area contributed by atoms with Gasteiger partial charge in [-0.05, 0) is 45.0 Å². The van der Waals surface area contributed by atoms with E-state index < -0.39 is 35.2 Å². The van der Waals surface area contributed by atoms with Crippen LogP contribution < -0.4 is 0 Å². The van der Waals surface area contributed by atoms with E-state index in [1.165, 1.54) is 18.3 Å². The van der Waals surface area contributed by atoms with Crippen LogP contribution in [0.15, 0.2) is 54.7 Å². The van der Waals surface area contributed by atoms with Crippen molar-refractivity contribution < 1.29 is 24.2 Å². The number of ketones is 1. The molecule has 3 aromatic rings. The Labute approximate surface area is 167 Å². The molecule has 3 rings (SSSR count). The number of carboxylic acid groups (broad SMARTS) is 1. The number of benzene rings is 1. The van der Waals surface area contributed by atoms with E-state index in [4.69, 9.17) is 4.74 Å². The van der Waals surface area contributed by atoms with Crippen LogP contribution in [0.25, 0.3) is 10.9 Å². The summed E-state index contributed by atoms with van der Waals surface area (Å²) in [4.78, 5) is 45.5. The van der Waals surface area contributed by atoms with Gasteiger partial charge in [-0.15, -0.1) is 0 Å². The van der Waals surface area contributed by atoms with Gasteiger partial charge in [0, 0.05) is 23.7 Å². The van der Waals surface area contributed by atoms with E-state index in [0.29, 0.717) is 5.52 Å². The number of nitrogens with one attached hydrogen (secondary N) is 1. The van der Waals surface area contributed by atoms with E-state index in [2.05, 4.69) is 9.97 Å². The van der Waals surface area contributed by atoms with Gasteiger partial charge in [0.15, 0.2) is 5.78 Å². The second-order valence-corrected chi connectivity index (χ2v) is 7.79. The molecule has 1 aromatic carbocycles. The smallest absolute Gasteiger partial charge is 0.330 e. The van der Waals surface area contributed by atoms with Crippen molar-refractivity contribution in [1.29, 1.82) is 0 Å². The van der Waals surface area contributed by atoms with Gasteiger partial charge in [0.2, 0.25) is 5.41 Å². The summed E-state index contributed by atoms with van der Waals surface area (Å²) in [6.07, 6.45) is 0.874. The van der Waals surface area contributed by atoms with Crippen LogP contribution in [0.4, 0.5) is 0 Å². The summed E-state index contributed by atoms with van der Waals surface area (Å²) in [5, 5.41) is 10.9. The lowest BCUT2D eigenvalue weighted by molar-refractivity contribution is -0.170. The molecule has 0 saturated heterocycles. The Balaban J connectivity index is 2.04. The maximum Gasteiger partial charge on any atom is 0.330 e. The largest absolute Gasteiger partial charge is 0.480 e. The Kier molecular flexibility index (Phi) is 5.24. The Morgan fingerprint density at radius 2 is 1.76 bits per heavy atom. The molecular formula is C22H22N2O5. The van der Waals surface area contributed by atoms with E-state index in [0.717, 1.165) is 5.39 Å². The van der Waals surface area contributed by atoms with Crippen molar-refractivity contribution in [3.05, 3.63) is 66.1 Å². The van der Waals surface area contributed by atoms with E-state index in [-0.39, 0.29) is 11.4 Å². The van der Waals surface area contributed by atoms with Crippen LogP contribution in [0.2, 0.25) is 0 Å². The van der Waals surface area contributed by atoms with Gasteiger partial charge in [-0.25, -0.2) is 4.98 Å². The quantitative estimate of drug-likeness (QED) is 0.376. The molecule has 0 bridgehead atoms. The number of carbonyl (C=O) groups is 3. The van der Waals surface area contributed by atoms with E-state index in [1.54, 1.807) is 45.0 Å². The summed E-state index contributed by atoms with van der Waals surface area (Å²) < 4.78 is 5.38. The Morgan fingerprint density at radius 1 is 1.03 bits per heavy atom. The highest BCUT2D eigenvalue weighted by Crippen LogP contribution is 2.32. The molecule has 2 heterocycles. The van der Waals surface area contributed by atoms with Crippen molar-refractivity contribution >= 4 is 28.6 Å². The zero-order chi connectivity index (χ0) is 21.2. The third-order valence-electron chi connectivity index (χ3n) is 4.48. The molecule has 2 N–H and O–H groups in total. The summed E-state index contributed by atoms with van der Waals surface area (Å²) in [5.74, 6) is -3.05. The molecule has 0 saturated carbocycles. The fraction of sp³-hybridized carbons (Fsp3) is 0.273. The normalized spacial score (nSPS) is 13.6. The van der Waals surface area contributed by atoms with Crippen LogP contribution in [0.1, 0.15) is 43.4 Å². The number of hydrogen-bond acceptors (Lipinski definition) is 5. The molecule has 0 fully saturated rings. The number of rotatable bonds is 6. The van der Waals surface area contributed by atoms with Gasteiger partial charge in [0.05, 0.1) is 5.52 Å². The maximum absolute atomic E-state index is 13.0. The molecule has 2 aromatic heterocycles. The molecule has 7 nitrogen and oxygen atoms in total. The summed E-state index contributed by atoms with van der Waals surface area (Å²) in [6, 6.07) is 13.6. The molecule has 0 spiro atoms. The molecule has 1 atom stereocenters. The van der Waals surface area contributed by atoms with Crippen LogP contribution >= 0.6 is 0 Å². The average molecular weight is 394 g/mol. The molecule has 0 aliphatic rings. The van der Waals surface area contributed by atoms with Crippen molar-refractivity contribution in [2.45, 2.75) is 38.2 Å². The van der Waals surface area contributed by atoms with E-state index in [1.807, 2.05) is 12.1 Å². The first kappa shape index (κ1) is 20.3. The second-order valence-electron chi connectivity index (χ2n) is 7.79. The minimum Gasteiger partial charge on any atom is -0.480 e. The number of carbonyl (C=O) groups excluding carboxylic acids is 2. The zero-order valence-corrected chi connectivity index (χ0v) is 16.4. The first-order valence-electron chi connectivity index (χ1n) is 9.13. The minimum atomic E-state index is -2.21. The van der Waals surface area contributed by atoms with Crippen LogP contribution in [0.3, 0.4) is 0 Å². The molecule has 0 amide bonds. The predicted octanol–water partition coefficient (Wildman–Crippen LogP) is 3.50. The number of aromatic amines is 1. The Bertz CT molecular complexity index is 1070. The van der Waals surface area contributed by atoms with Crippen molar-refractivity contribution in [2.24, 2.45) is 0 Å². The molecule has 0 aliphatic carbocycles. The van der Waals surface area contributed by atoms with Crippen LogP contribution in [-0.4, -0.2) is 38.4 Å². The van der Waals surface area contributed by atoms with Crippen LogP contribution in [-0.2, 0) is 19.7 Å². The number of pyridine rings is 1. The van der Waals surface area contributed by atoms with Gasteiger partial charge in [-0.2, -0.15) is 0 Å². The van der Waals surface area contributed by atoms with Crippen molar-refractivity contribution in [3.63, 3.8) is 0 Å². The molecule has 1 unspecified atom stereocenters. The standard InChI is InChI=1S/C22H22N2O5/c1-21(2,3)29-20(28)22(19(26)27,18-9-6-12-23-18)13-17(25)16-11-10-14-7-4-5-8-15(14)24-16/h4-12,23H,13H2,1-3H3,(H,26,27). The molecule has 29 heavy (non-hydrogen) atoms. The van der Waals surface area contributed by atoms with Gasteiger partial charge < -0.3 is 14.8 Å². The monoisotopic (exact) mass is 394 g/mol. The number of H-pyrrole nitrogens is 1. The van der Waals surface area contributed by atoms with Gasteiger partial charge >= 0.3 is 11.9 Å². The number of para-hydroxylation sites is 1. The molecular weight excluding hydrogens is 372 g/mol. The fourth-order valence-electron chi connectivity index (χ4n) is 3.07. The van der Waals surface area contributed by atoms with Crippen molar-refractivity contribution in [3.8, 4) is 0 Å². The van der Waals surface area contributed by atoms with Crippen molar-refractivity contribution in [2.75, 3.05) is 0 Å². The Hall–Kier alpha value is -3.48. The fourth-order valence-corrected chi connectivity index (χ4v) is 3.07. The van der Waals surface area contributed by atoms with E-state index in [9.17, 15) is 19.5 Å². The first-order valence-corrected chi connectivity index (χ1v) is 9.13. The number of hydrogen-bond donors (Lipinski definition) is 2. The highest BCUT2D eigenvalue weighted by atomic mass is 16.6. The van der Waals surface area contributed by atoms with Gasteiger partial charge in [0.25, 0.3) is 0 Å². The number of aromatic nitrogens is 2. The van der Waals surface area contributed by atoms with Gasteiger partial charge in [-0.1, -0.05) is 24.3 Å². The number of fused-ring (bicyclic) bond motifs is 1. The number of nitrogens with zero attached hydrogens (tertiary/aromatic N) is 1. The highest BCUT2D eigenvalue weighted by Gasteiger charge is 2.53. The lowest BCUT2D eigenvalue weighted by Crippen LogP contribution is -2.49. The highest BCUT2D eigenvalue weighted by molar-refractivity contribution is 6.11. The SMILES string of the molecule is CC(C)(C)OC(=O)C(CC(=O)c1ccc2ccccc2n1)(C(=O)O)c1ccc[nH]1. The lowest BCUT2D eigenvalue weighted by atomic mass is 9.78.